The van der Waals surface area contributed by atoms with Crippen LogP contribution in [0, 0.1) is 0 Å². The van der Waals surface area contributed by atoms with Gasteiger partial charge in [-0.25, -0.2) is 9.78 Å². The Hall–Kier alpha value is -2.14. The van der Waals surface area contributed by atoms with E-state index in [0.29, 0.717) is 5.02 Å². The lowest BCUT2D eigenvalue weighted by Gasteiger charge is -2.08. The van der Waals surface area contributed by atoms with Crippen LogP contribution in [0.2, 0.25) is 5.02 Å². The molecule has 2 rings (SSSR count). The van der Waals surface area contributed by atoms with Gasteiger partial charge in [0.15, 0.2) is 11.4 Å². The first-order valence-electron chi connectivity index (χ1n) is 5.08. The number of pyridine rings is 2. The summed E-state index contributed by atoms with van der Waals surface area (Å²) < 4.78 is 5.41. The third-order valence-electron chi connectivity index (χ3n) is 2.21. The number of rotatable bonds is 4. The Bertz CT molecular complexity index is 575. The fraction of sp³-hybridized carbons (Fsp3) is 0.0833. The van der Waals surface area contributed by atoms with E-state index in [0.717, 1.165) is 5.56 Å². The summed E-state index contributed by atoms with van der Waals surface area (Å²) in [6, 6.07) is 4.86. The van der Waals surface area contributed by atoms with E-state index in [2.05, 4.69) is 9.97 Å². The van der Waals surface area contributed by atoms with Crippen molar-refractivity contribution in [3.63, 3.8) is 0 Å². The number of nitrogens with zero attached hydrogens (tertiary/aromatic N) is 2. The monoisotopic (exact) mass is 264 g/mol. The maximum atomic E-state index is 10.9. The number of carbonyl (C=O) groups is 1. The molecule has 2 aromatic rings. The first kappa shape index (κ1) is 12.3. The van der Waals surface area contributed by atoms with E-state index < -0.39 is 5.97 Å². The molecular weight excluding hydrogens is 256 g/mol. The van der Waals surface area contributed by atoms with Crippen molar-refractivity contribution in [3.8, 4) is 5.75 Å². The number of aromatic nitrogens is 2. The lowest BCUT2D eigenvalue weighted by atomic mass is 10.3. The van der Waals surface area contributed by atoms with Crippen molar-refractivity contribution in [1.29, 1.82) is 0 Å². The van der Waals surface area contributed by atoms with Gasteiger partial charge in [-0.05, 0) is 18.2 Å². The van der Waals surface area contributed by atoms with E-state index in [9.17, 15) is 4.79 Å². The molecule has 0 aliphatic heterocycles. The molecule has 0 unspecified atom stereocenters. The second-order valence-electron chi connectivity index (χ2n) is 3.41. The average Bonchev–Trinajstić information content (AvgIpc) is 2.38. The SMILES string of the molecule is O=C(O)c1ncccc1OCc1ccncc1Cl. The van der Waals surface area contributed by atoms with Crippen LogP contribution in [-0.2, 0) is 6.61 Å². The zero-order valence-electron chi connectivity index (χ0n) is 9.21. The van der Waals surface area contributed by atoms with Gasteiger partial charge < -0.3 is 9.84 Å². The summed E-state index contributed by atoms with van der Waals surface area (Å²) in [5, 5.41) is 9.41. The van der Waals surface area contributed by atoms with Crippen molar-refractivity contribution in [1.82, 2.24) is 9.97 Å². The van der Waals surface area contributed by atoms with Crippen LogP contribution in [0.4, 0.5) is 0 Å². The Kier molecular flexibility index (Phi) is 3.74. The Morgan fingerprint density at radius 2 is 2.22 bits per heavy atom. The summed E-state index contributed by atoms with van der Waals surface area (Å²) in [5.74, 6) is -0.927. The number of halogens is 1. The van der Waals surface area contributed by atoms with Gasteiger partial charge in [0.2, 0.25) is 0 Å². The molecule has 2 heterocycles. The molecule has 92 valence electrons. The lowest BCUT2D eigenvalue weighted by Crippen LogP contribution is -2.05. The molecule has 5 nitrogen and oxygen atoms in total. The van der Waals surface area contributed by atoms with Gasteiger partial charge in [-0.1, -0.05) is 11.6 Å². The van der Waals surface area contributed by atoms with Crippen LogP contribution in [0.3, 0.4) is 0 Å². The summed E-state index contributed by atoms with van der Waals surface area (Å²) in [5.41, 5.74) is 0.606. The molecule has 0 atom stereocenters. The minimum atomic E-state index is -1.13. The van der Waals surface area contributed by atoms with Crippen LogP contribution in [0.25, 0.3) is 0 Å². The maximum absolute atomic E-state index is 10.9. The Morgan fingerprint density at radius 1 is 1.39 bits per heavy atom. The largest absolute Gasteiger partial charge is 0.486 e. The highest BCUT2D eigenvalue weighted by Crippen LogP contribution is 2.19. The van der Waals surface area contributed by atoms with Gasteiger partial charge in [-0.15, -0.1) is 0 Å². The molecule has 0 fully saturated rings. The normalized spacial score (nSPS) is 10.1. The van der Waals surface area contributed by atoms with E-state index >= 15 is 0 Å². The summed E-state index contributed by atoms with van der Waals surface area (Å²) in [6.07, 6.45) is 4.49. The number of ether oxygens (including phenoxy) is 1. The predicted molar refractivity (Wildman–Crippen MR) is 64.8 cm³/mol. The molecular formula is C12H9ClN2O3. The zero-order chi connectivity index (χ0) is 13.0. The smallest absolute Gasteiger partial charge is 0.358 e. The topological polar surface area (TPSA) is 72.3 Å². The first-order valence-corrected chi connectivity index (χ1v) is 5.46. The number of carboxylic acids is 1. The molecule has 1 N–H and O–H groups in total. The second-order valence-corrected chi connectivity index (χ2v) is 3.82. The van der Waals surface area contributed by atoms with Crippen LogP contribution in [0.1, 0.15) is 16.1 Å². The van der Waals surface area contributed by atoms with Gasteiger partial charge in [0, 0.05) is 24.2 Å². The van der Waals surface area contributed by atoms with Crippen LogP contribution in [0.15, 0.2) is 36.8 Å². The van der Waals surface area contributed by atoms with Crippen molar-refractivity contribution in [2.24, 2.45) is 0 Å². The van der Waals surface area contributed by atoms with Crippen LogP contribution in [0.5, 0.6) is 5.75 Å². The average molecular weight is 265 g/mol. The van der Waals surface area contributed by atoms with Crippen molar-refractivity contribution in [2.75, 3.05) is 0 Å². The van der Waals surface area contributed by atoms with Gasteiger partial charge in [-0.3, -0.25) is 4.98 Å². The number of carboxylic acid groups (broad SMARTS) is 1. The molecule has 0 aliphatic rings. The van der Waals surface area contributed by atoms with Crippen molar-refractivity contribution in [2.45, 2.75) is 6.61 Å². The van der Waals surface area contributed by atoms with E-state index in [1.165, 1.54) is 12.4 Å². The molecule has 6 heteroatoms. The van der Waals surface area contributed by atoms with E-state index in [1.54, 1.807) is 24.4 Å². The number of aromatic carboxylic acids is 1. The Morgan fingerprint density at radius 3 is 2.94 bits per heavy atom. The van der Waals surface area contributed by atoms with Gasteiger partial charge in [0.05, 0.1) is 5.02 Å². The number of hydrogen-bond acceptors (Lipinski definition) is 4. The lowest BCUT2D eigenvalue weighted by molar-refractivity contribution is 0.0685. The summed E-state index contributed by atoms with van der Waals surface area (Å²) in [6.45, 7) is 0.160. The molecule has 2 aromatic heterocycles. The highest BCUT2D eigenvalue weighted by atomic mass is 35.5. The maximum Gasteiger partial charge on any atom is 0.358 e. The van der Waals surface area contributed by atoms with Gasteiger partial charge in [0.1, 0.15) is 6.61 Å². The van der Waals surface area contributed by atoms with Crippen LogP contribution >= 0.6 is 11.6 Å². The second kappa shape index (κ2) is 5.46. The van der Waals surface area contributed by atoms with Gasteiger partial charge in [0.25, 0.3) is 0 Å². The molecule has 0 aliphatic carbocycles. The Balaban J connectivity index is 2.16. The van der Waals surface area contributed by atoms with Crippen molar-refractivity contribution >= 4 is 17.6 Å². The molecule has 18 heavy (non-hydrogen) atoms. The standard InChI is InChI=1S/C12H9ClN2O3/c13-9-6-14-5-3-8(9)7-18-10-2-1-4-15-11(10)12(16)17/h1-6H,7H2,(H,16,17). The fourth-order valence-electron chi connectivity index (χ4n) is 1.34. The quantitative estimate of drug-likeness (QED) is 0.918. The summed E-state index contributed by atoms with van der Waals surface area (Å²) in [4.78, 5) is 18.5. The molecule has 0 bridgehead atoms. The minimum absolute atomic E-state index is 0.123. The fourth-order valence-corrected chi connectivity index (χ4v) is 1.52. The van der Waals surface area contributed by atoms with Crippen LogP contribution < -0.4 is 4.74 Å². The highest BCUT2D eigenvalue weighted by Gasteiger charge is 2.12. The molecule has 0 spiro atoms. The van der Waals surface area contributed by atoms with E-state index in [4.69, 9.17) is 21.4 Å². The van der Waals surface area contributed by atoms with E-state index in [-0.39, 0.29) is 18.1 Å². The van der Waals surface area contributed by atoms with E-state index in [1.807, 2.05) is 0 Å². The van der Waals surface area contributed by atoms with Gasteiger partial charge >= 0.3 is 5.97 Å². The van der Waals surface area contributed by atoms with Crippen LogP contribution in [-0.4, -0.2) is 21.0 Å². The highest BCUT2D eigenvalue weighted by molar-refractivity contribution is 6.31. The predicted octanol–water partition coefficient (Wildman–Crippen LogP) is 2.41. The summed E-state index contributed by atoms with van der Waals surface area (Å²) in [7, 11) is 0. The zero-order valence-corrected chi connectivity index (χ0v) is 9.96. The third-order valence-corrected chi connectivity index (χ3v) is 2.55. The van der Waals surface area contributed by atoms with Crippen molar-refractivity contribution < 1.29 is 14.6 Å². The van der Waals surface area contributed by atoms with Crippen molar-refractivity contribution in [3.05, 3.63) is 53.1 Å². The molecule has 0 aromatic carbocycles. The Labute approximate surface area is 108 Å². The first-order chi connectivity index (χ1) is 8.68. The van der Waals surface area contributed by atoms with Gasteiger partial charge in [-0.2, -0.15) is 0 Å². The molecule has 0 radical (unpaired) electrons. The summed E-state index contributed by atoms with van der Waals surface area (Å²) >= 11 is 5.92. The molecule has 0 amide bonds. The molecule has 0 saturated carbocycles. The number of hydrogen-bond donors (Lipinski definition) is 1. The third kappa shape index (κ3) is 2.75. The molecule has 0 saturated heterocycles. The minimum Gasteiger partial charge on any atom is -0.486 e.